The topological polar surface area (TPSA) is 25.2 Å². The SMILES string of the molecule is Cc1cc(C(=O)N2CCCC2)c(C)n1-c1ccccc1. The predicted molar refractivity (Wildman–Crippen MR) is 80.4 cm³/mol. The van der Waals surface area contributed by atoms with Crippen molar-refractivity contribution in [1.82, 2.24) is 9.47 Å². The van der Waals surface area contributed by atoms with Crippen LogP contribution in [0.2, 0.25) is 0 Å². The molecule has 2 heterocycles. The number of aryl methyl sites for hydroxylation is 1. The molecule has 104 valence electrons. The molecule has 2 aromatic rings. The number of aromatic nitrogens is 1. The van der Waals surface area contributed by atoms with Crippen molar-refractivity contribution >= 4 is 5.91 Å². The van der Waals surface area contributed by atoms with Crippen LogP contribution < -0.4 is 0 Å². The summed E-state index contributed by atoms with van der Waals surface area (Å²) in [5.41, 5.74) is 4.10. The van der Waals surface area contributed by atoms with Gasteiger partial charge in [-0.1, -0.05) is 18.2 Å². The molecule has 0 N–H and O–H groups in total. The van der Waals surface area contributed by atoms with Gasteiger partial charge in [-0.3, -0.25) is 4.79 Å². The number of hydrogen-bond donors (Lipinski definition) is 0. The van der Waals surface area contributed by atoms with E-state index in [4.69, 9.17) is 0 Å². The van der Waals surface area contributed by atoms with Gasteiger partial charge in [-0.25, -0.2) is 0 Å². The first-order valence-corrected chi connectivity index (χ1v) is 7.22. The monoisotopic (exact) mass is 268 g/mol. The Morgan fingerprint density at radius 2 is 1.70 bits per heavy atom. The normalized spacial score (nSPS) is 14.8. The van der Waals surface area contributed by atoms with Crippen LogP contribution >= 0.6 is 0 Å². The lowest BCUT2D eigenvalue weighted by atomic mass is 10.2. The fourth-order valence-electron chi connectivity index (χ4n) is 3.04. The molecule has 0 aliphatic carbocycles. The highest BCUT2D eigenvalue weighted by Crippen LogP contribution is 2.23. The van der Waals surface area contributed by atoms with E-state index in [0.29, 0.717) is 0 Å². The molecule has 3 heteroatoms. The zero-order chi connectivity index (χ0) is 14.1. The van der Waals surface area contributed by atoms with E-state index in [1.807, 2.05) is 36.1 Å². The van der Waals surface area contributed by atoms with E-state index >= 15 is 0 Å². The minimum absolute atomic E-state index is 0.179. The summed E-state index contributed by atoms with van der Waals surface area (Å²) >= 11 is 0. The largest absolute Gasteiger partial charge is 0.339 e. The summed E-state index contributed by atoms with van der Waals surface area (Å²) in [5, 5.41) is 0. The summed E-state index contributed by atoms with van der Waals surface area (Å²) in [4.78, 5) is 14.5. The van der Waals surface area contributed by atoms with E-state index in [1.54, 1.807) is 0 Å². The van der Waals surface area contributed by atoms with Gasteiger partial charge < -0.3 is 9.47 Å². The number of hydrogen-bond acceptors (Lipinski definition) is 1. The first-order valence-electron chi connectivity index (χ1n) is 7.22. The molecule has 1 saturated heterocycles. The van der Waals surface area contributed by atoms with Crippen molar-refractivity contribution < 1.29 is 4.79 Å². The van der Waals surface area contributed by atoms with Gasteiger partial charge >= 0.3 is 0 Å². The summed E-state index contributed by atoms with van der Waals surface area (Å²) in [5.74, 6) is 0.179. The van der Waals surface area contributed by atoms with Gasteiger partial charge in [-0.05, 0) is 44.9 Å². The van der Waals surface area contributed by atoms with Crippen molar-refractivity contribution in [2.24, 2.45) is 0 Å². The van der Waals surface area contributed by atoms with Crippen LogP contribution in [0.3, 0.4) is 0 Å². The number of amides is 1. The molecule has 0 atom stereocenters. The molecule has 1 amide bonds. The second-order valence-electron chi connectivity index (χ2n) is 5.46. The number of para-hydroxylation sites is 1. The predicted octanol–water partition coefficient (Wildman–Crippen LogP) is 3.33. The van der Waals surface area contributed by atoms with Crippen molar-refractivity contribution in [2.75, 3.05) is 13.1 Å². The van der Waals surface area contributed by atoms with Crippen LogP contribution in [0.25, 0.3) is 5.69 Å². The minimum atomic E-state index is 0.179. The number of benzene rings is 1. The highest BCUT2D eigenvalue weighted by atomic mass is 16.2. The number of carbonyl (C=O) groups is 1. The Balaban J connectivity index is 2.00. The third-order valence-corrected chi connectivity index (χ3v) is 4.07. The molecule has 0 unspecified atom stereocenters. The van der Waals surface area contributed by atoms with Crippen molar-refractivity contribution in [3.8, 4) is 5.69 Å². The van der Waals surface area contributed by atoms with Gasteiger partial charge in [0.2, 0.25) is 0 Å². The van der Waals surface area contributed by atoms with Crippen LogP contribution in [0.5, 0.6) is 0 Å². The van der Waals surface area contributed by atoms with Gasteiger partial charge in [0.15, 0.2) is 0 Å². The van der Waals surface area contributed by atoms with Crippen LogP contribution in [0.1, 0.15) is 34.6 Å². The zero-order valence-electron chi connectivity index (χ0n) is 12.1. The minimum Gasteiger partial charge on any atom is -0.339 e. The molecule has 1 aliphatic heterocycles. The average Bonchev–Trinajstić information content (AvgIpc) is 3.08. The molecular weight excluding hydrogens is 248 g/mol. The van der Waals surface area contributed by atoms with E-state index in [-0.39, 0.29) is 5.91 Å². The Kier molecular flexibility index (Phi) is 3.35. The first kappa shape index (κ1) is 13.0. The van der Waals surface area contributed by atoms with Crippen molar-refractivity contribution in [3.05, 3.63) is 53.3 Å². The van der Waals surface area contributed by atoms with Crippen LogP contribution in [0.15, 0.2) is 36.4 Å². The van der Waals surface area contributed by atoms with Gasteiger partial charge in [0.05, 0.1) is 5.56 Å². The van der Waals surface area contributed by atoms with Crippen LogP contribution in [0.4, 0.5) is 0 Å². The standard InChI is InChI=1S/C17H20N2O/c1-13-12-16(17(20)18-10-6-7-11-18)14(2)19(13)15-8-4-3-5-9-15/h3-5,8-9,12H,6-7,10-11H2,1-2H3. The second kappa shape index (κ2) is 5.16. The lowest BCUT2D eigenvalue weighted by molar-refractivity contribution is 0.0792. The zero-order valence-corrected chi connectivity index (χ0v) is 12.1. The molecule has 1 aromatic heterocycles. The molecule has 1 aromatic carbocycles. The molecule has 20 heavy (non-hydrogen) atoms. The Bertz CT molecular complexity index is 622. The Morgan fingerprint density at radius 3 is 2.35 bits per heavy atom. The summed E-state index contributed by atoms with van der Waals surface area (Å²) in [6.07, 6.45) is 2.26. The van der Waals surface area contributed by atoms with Crippen LogP contribution in [-0.4, -0.2) is 28.5 Å². The molecule has 0 radical (unpaired) electrons. The molecule has 3 nitrogen and oxygen atoms in total. The van der Waals surface area contributed by atoms with Crippen molar-refractivity contribution in [1.29, 1.82) is 0 Å². The third kappa shape index (κ3) is 2.13. The highest BCUT2D eigenvalue weighted by Gasteiger charge is 2.23. The fraction of sp³-hybridized carbons (Fsp3) is 0.353. The first-order chi connectivity index (χ1) is 9.68. The van der Waals surface area contributed by atoms with Gasteiger partial charge in [0.1, 0.15) is 0 Å². The Morgan fingerprint density at radius 1 is 1.05 bits per heavy atom. The fourth-order valence-corrected chi connectivity index (χ4v) is 3.04. The van der Waals surface area contributed by atoms with Gasteiger partial charge in [0, 0.05) is 30.2 Å². The van der Waals surface area contributed by atoms with Gasteiger partial charge in [0.25, 0.3) is 5.91 Å². The molecular formula is C17H20N2O. The molecule has 1 aliphatic rings. The lowest BCUT2D eigenvalue weighted by Crippen LogP contribution is -2.27. The third-order valence-electron chi connectivity index (χ3n) is 4.07. The maximum atomic E-state index is 12.6. The van der Waals surface area contributed by atoms with Gasteiger partial charge in [-0.2, -0.15) is 0 Å². The molecule has 0 bridgehead atoms. The summed E-state index contributed by atoms with van der Waals surface area (Å²) in [6.45, 7) is 5.88. The lowest BCUT2D eigenvalue weighted by Gasteiger charge is -2.15. The summed E-state index contributed by atoms with van der Waals surface area (Å²) in [6, 6.07) is 12.2. The number of carbonyl (C=O) groups excluding carboxylic acids is 1. The Labute approximate surface area is 119 Å². The van der Waals surface area contributed by atoms with Crippen molar-refractivity contribution in [3.63, 3.8) is 0 Å². The average molecular weight is 268 g/mol. The smallest absolute Gasteiger partial charge is 0.255 e. The molecule has 0 saturated carbocycles. The van der Waals surface area contributed by atoms with Crippen LogP contribution in [0, 0.1) is 13.8 Å². The molecule has 1 fully saturated rings. The van der Waals surface area contributed by atoms with E-state index < -0.39 is 0 Å². The maximum absolute atomic E-state index is 12.6. The van der Waals surface area contributed by atoms with Crippen molar-refractivity contribution in [2.45, 2.75) is 26.7 Å². The second-order valence-corrected chi connectivity index (χ2v) is 5.46. The number of rotatable bonds is 2. The summed E-state index contributed by atoms with van der Waals surface area (Å²) in [7, 11) is 0. The number of likely N-dealkylation sites (tertiary alicyclic amines) is 1. The summed E-state index contributed by atoms with van der Waals surface area (Å²) < 4.78 is 2.16. The van der Waals surface area contributed by atoms with E-state index in [1.165, 1.54) is 0 Å². The van der Waals surface area contributed by atoms with E-state index in [2.05, 4.69) is 23.6 Å². The van der Waals surface area contributed by atoms with Crippen LogP contribution in [-0.2, 0) is 0 Å². The van der Waals surface area contributed by atoms with Gasteiger partial charge in [-0.15, -0.1) is 0 Å². The highest BCUT2D eigenvalue weighted by molar-refractivity contribution is 5.96. The maximum Gasteiger partial charge on any atom is 0.255 e. The molecule has 0 spiro atoms. The van der Waals surface area contributed by atoms with E-state index in [0.717, 1.165) is 48.6 Å². The van der Waals surface area contributed by atoms with E-state index in [9.17, 15) is 4.79 Å². The molecule has 3 rings (SSSR count). The Hall–Kier alpha value is -2.03. The number of nitrogens with zero attached hydrogens (tertiary/aromatic N) is 2. The quantitative estimate of drug-likeness (QED) is 0.820.